The third-order valence-corrected chi connectivity index (χ3v) is 5.51. The monoisotopic (exact) mass is 330 g/mol. The first kappa shape index (κ1) is 16.8. The Morgan fingerprint density at radius 3 is 2.54 bits per heavy atom. The average molecular weight is 330 g/mol. The Hall–Kier alpha value is -2.08. The Labute approximate surface area is 143 Å². The van der Waals surface area contributed by atoms with Crippen LogP contribution in [0, 0.1) is 0 Å². The molecule has 2 aliphatic rings. The van der Waals surface area contributed by atoms with E-state index in [0.29, 0.717) is 38.2 Å². The fourth-order valence-corrected chi connectivity index (χ4v) is 3.89. The Bertz CT molecular complexity index is 643. The van der Waals surface area contributed by atoms with Gasteiger partial charge in [0, 0.05) is 46.0 Å². The van der Waals surface area contributed by atoms with Gasteiger partial charge in [0.15, 0.2) is 0 Å². The van der Waals surface area contributed by atoms with Crippen LogP contribution in [0.25, 0.3) is 0 Å². The van der Waals surface area contributed by atoms with Crippen molar-refractivity contribution in [1.82, 2.24) is 19.3 Å². The summed E-state index contributed by atoms with van der Waals surface area (Å²) in [6.07, 6.45) is 5.04. The number of aromatic nitrogens is 1. The zero-order valence-corrected chi connectivity index (χ0v) is 14.6. The average Bonchev–Trinajstić information content (AvgIpc) is 3.02. The van der Waals surface area contributed by atoms with Crippen LogP contribution in [-0.4, -0.2) is 76.4 Å². The second-order valence-corrected chi connectivity index (χ2v) is 6.79. The van der Waals surface area contributed by atoms with E-state index in [9.17, 15) is 9.59 Å². The highest BCUT2D eigenvalue weighted by atomic mass is 16.2. The number of carbonyl (C=O) groups is 2. The van der Waals surface area contributed by atoms with Crippen molar-refractivity contribution < 1.29 is 9.59 Å². The molecule has 0 aromatic carbocycles. The molecule has 0 radical (unpaired) electrons. The lowest BCUT2D eigenvalue weighted by Gasteiger charge is -2.51. The molecular weight excluding hydrogens is 304 g/mol. The maximum absolute atomic E-state index is 13.0. The molecule has 130 valence electrons. The van der Waals surface area contributed by atoms with Gasteiger partial charge in [-0.25, -0.2) is 0 Å². The molecule has 24 heavy (non-hydrogen) atoms. The number of rotatable bonds is 3. The standard InChI is InChI=1S/C18H26N4O2/c1-4-9-22-14-13-20(3)18(17(22)24)7-11-21(12-8-18)16(23)15-6-5-10-19(15)2/h4-6,10H,1,7-9,11-14H2,2-3H3. The molecule has 1 spiro atoms. The maximum atomic E-state index is 13.0. The Kier molecular flexibility index (Phi) is 4.49. The lowest BCUT2D eigenvalue weighted by molar-refractivity contribution is -0.153. The van der Waals surface area contributed by atoms with Crippen molar-refractivity contribution in [3.05, 3.63) is 36.7 Å². The highest BCUT2D eigenvalue weighted by Gasteiger charge is 2.49. The highest BCUT2D eigenvalue weighted by molar-refractivity contribution is 5.93. The molecule has 3 rings (SSSR count). The van der Waals surface area contributed by atoms with Gasteiger partial charge < -0.3 is 14.4 Å². The van der Waals surface area contributed by atoms with E-state index in [1.807, 2.05) is 46.8 Å². The smallest absolute Gasteiger partial charge is 0.270 e. The van der Waals surface area contributed by atoms with Crippen LogP contribution >= 0.6 is 0 Å². The Morgan fingerprint density at radius 2 is 1.96 bits per heavy atom. The molecule has 2 fully saturated rings. The molecule has 2 saturated heterocycles. The summed E-state index contributed by atoms with van der Waals surface area (Å²) in [5, 5.41) is 0. The number of amides is 2. The third kappa shape index (κ3) is 2.65. The summed E-state index contributed by atoms with van der Waals surface area (Å²) in [6, 6.07) is 3.72. The van der Waals surface area contributed by atoms with E-state index in [-0.39, 0.29) is 11.8 Å². The second-order valence-electron chi connectivity index (χ2n) is 6.79. The number of nitrogens with zero attached hydrogens (tertiary/aromatic N) is 4. The lowest BCUT2D eigenvalue weighted by atomic mass is 9.82. The minimum atomic E-state index is -0.466. The van der Waals surface area contributed by atoms with Crippen LogP contribution in [0.4, 0.5) is 0 Å². The molecular formula is C18H26N4O2. The van der Waals surface area contributed by atoms with Crippen molar-refractivity contribution in [1.29, 1.82) is 0 Å². The van der Waals surface area contributed by atoms with Gasteiger partial charge in [-0.3, -0.25) is 14.5 Å². The molecule has 1 aromatic heterocycles. The summed E-state index contributed by atoms with van der Waals surface area (Å²) in [5.41, 5.74) is 0.231. The third-order valence-electron chi connectivity index (χ3n) is 5.51. The summed E-state index contributed by atoms with van der Waals surface area (Å²) in [5.74, 6) is 0.230. The second kappa shape index (κ2) is 6.43. The van der Waals surface area contributed by atoms with Gasteiger partial charge in [-0.1, -0.05) is 6.08 Å². The SMILES string of the molecule is C=CCN1CCN(C)C2(CCN(C(=O)c3cccn3C)CC2)C1=O. The number of aryl methyl sites for hydroxylation is 1. The van der Waals surface area contributed by atoms with E-state index in [4.69, 9.17) is 0 Å². The maximum Gasteiger partial charge on any atom is 0.270 e. The van der Waals surface area contributed by atoms with Gasteiger partial charge in [-0.15, -0.1) is 6.58 Å². The molecule has 3 heterocycles. The van der Waals surface area contributed by atoms with Crippen LogP contribution in [0.2, 0.25) is 0 Å². The van der Waals surface area contributed by atoms with Gasteiger partial charge in [0.25, 0.3) is 5.91 Å². The van der Waals surface area contributed by atoms with Crippen molar-refractivity contribution in [3.8, 4) is 0 Å². The Balaban J connectivity index is 1.73. The minimum Gasteiger partial charge on any atom is -0.347 e. The van der Waals surface area contributed by atoms with Gasteiger partial charge in [0.1, 0.15) is 11.2 Å². The summed E-state index contributed by atoms with van der Waals surface area (Å²) >= 11 is 0. The van der Waals surface area contributed by atoms with Gasteiger partial charge in [0.05, 0.1) is 0 Å². The number of piperidine rings is 1. The van der Waals surface area contributed by atoms with Crippen LogP contribution in [0.15, 0.2) is 31.0 Å². The number of piperazine rings is 1. The summed E-state index contributed by atoms with van der Waals surface area (Å²) in [4.78, 5) is 31.6. The van der Waals surface area contributed by atoms with Crippen LogP contribution < -0.4 is 0 Å². The number of carbonyl (C=O) groups excluding carboxylic acids is 2. The molecule has 2 aliphatic heterocycles. The van der Waals surface area contributed by atoms with Crippen LogP contribution in [0.3, 0.4) is 0 Å². The molecule has 0 unspecified atom stereocenters. The van der Waals surface area contributed by atoms with E-state index >= 15 is 0 Å². The molecule has 6 nitrogen and oxygen atoms in total. The van der Waals surface area contributed by atoms with E-state index in [0.717, 1.165) is 13.1 Å². The highest BCUT2D eigenvalue weighted by Crippen LogP contribution is 2.33. The predicted molar refractivity (Wildman–Crippen MR) is 92.7 cm³/mol. The van der Waals surface area contributed by atoms with Crippen LogP contribution in [-0.2, 0) is 11.8 Å². The number of likely N-dealkylation sites (N-methyl/N-ethyl adjacent to an activating group) is 1. The molecule has 0 saturated carbocycles. The fourth-order valence-electron chi connectivity index (χ4n) is 3.89. The number of hydrogen-bond donors (Lipinski definition) is 0. The topological polar surface area (TPSA) is 48.8 Å². The van der Waals surface area contributed by atoms with E-state index in [1.54, 1.807) is 6.08 Å². The minimum absolute atomic E-state index is 0.0474. The fraction of sp³-hybridized carbons (Fsp3) is 0.556. The molecule has 0 N–H and O–H groups in total. The zero-order valence-electron chi connectivity index (χ0n) is 14.6. The van der Waals surface area contributed by atoms with E-state index < -0.39 is 5.54 Å². The van der Waals surface area contributed by atoms with Gasteiger partial charge in [0.2, 0.25) is 5.91 Å². The molecule has 0 bridgehead atoms. The first-order valence-corrected chi connectivity index (χ1v) is 8.52. The van der Waals surface area contributed by atoms with Crippen molar-refractivity contribution in [2.75, 3.05) is 39.8 Å². The van der Waals surface area contributed by atoms with Crippen molar-refractivity contribution in [2.24, 2.45) is 7.05 Å². The molecule has 0 aliphatic carbocycles. The zero-order chi connectivity index (χ0) is 17.3. The lowest BCUT2D eigenvalue weighted by Crippen LogP contribution is -2.68. The van der Waals surface area contributed by atoms with Gasteiger partial charge in [-0.2, -0.15) is 0 Å². The predicted octanol–water partition coefficient (Wildman–Crippen LogP) is 0.960. The van der Waals surface area contributed by atoms with E-state index in [2.05, 4.69) is 11.5 Å². The normalized spacial score (nSPS) is 21.3. The summed E-state index contributed by atoms with van der Waals surface area (Å²) < 4.78 is 1.84. The number of likely N-dealkylation sites (tertiary alicyclic amines) is 1. The molecule has 1 aromatic rings. The first-order chi connectivity index (χ1) is 11.5. The van der Waals surface area contributed by atoms with Crippen molar-refractivity contribution in [2.45, 2.75) is 18.4 Å². The molecule has 2 amide bonds. The molecule has 6 heteroatoms. The number of hydrogen-bond acceptors (Lipinski definition) is 3. The van der Waals surface area contributed by atoms with Gasteiger partial charge in [-0.05, 0) is 32.0 Å². The van der Waals surface area contributed by atoms with E-state index in [1.165, 1.54) is 0 Å². The largest absolute Gasteiger partial charge is 0.347 e. The first-order valence-electron chi connectivity index (χ1n) is 8.52. The van der Waals surface area contributed by atoms with Crippen molar-refractivity contribution >= 4 is 11.8 Å². The summed E-state index contributed by atoms with van der Waals surface area (Å²) in [7, 11) is 3.90. The molecule has 0 atom stereocenters. The van der Waals surface area contributed by atoms with Crippen LogP contribution in [0.5, 0.6) is 0 Å². The van der Waals surface area contributed by atoms with Crippen molar-refractivity contribution in [3.63, 3.8) is 0 Å². The Morgan fingerprint density at radius 1 is 1.25 bits per heavy atom. The quantitative estimate of drug-likeness (QED) is 0.776. The van der Waals surface area contributed by atoms with Crippen LogP contribution in [0.1, 0.15) is 23.3 Å². The van der Waals surface area contributed by atoms with Gasteiger partial charge >= 0.3 is 0 Å². The summed E-state index contributed by atoms with van der Waals surface area (Å²) in [6.45, 7) is 7.19.